The van der Waals surface area contributed by atoms with Crippen molar-refractivity contribution in [3.63, 3.8) is 0 Å². The van der Waals surface area contributed by atoms with E-state index in [1.54, 1.807) is 13.0 Å². The summed E-state index contributed by atoms with van der Waals surface area (Å²) in [6.45, 7) is 5.53. The van der Waals surface area contributed by atoms with Gasteiger partial charge in [-0.05, 0) is 30.5 Å². The lowest BCUT2D eigenvalue weighted by molar-refractivity contribution is 0.0936. The topological polar surface area (TPSA) is 55.1 Å². The Morgan fingerprint density at radius 3 is 2.50 bits per heavy atom. The number of nitrogens with two attached hydrogens (primary N) is 1. The number of nitrogens with one attached hydrogen (secondary N) is 1. The van der Waals surface area contributed by atoms with Gasteiger partial charge in [-0.15, -0.1) is 0 Å². The second kappa shape index (κ2) is 5.91. The van der Waals surface area contributed by atoms with Gasteiger partial charge in [-0.25, -0.2) is 4.39 Å². The molecule has 1 aromatic carbocycles. The van der Waals surface area contributed by atoms with E-state index in [0.29, 0.717) is 0 Å². The van der Waals surface area contributed by atoms with Crippen molar-refractivity contribution in [1.29, 1.82) is 0 Å². The number of amides is 1. The lowest BCUT2D eigenvalue weighted by atomic mass is 10.0. The fourth-order valence-corrected chi connectivity index (χ4v) is 1.92. The molecule has 0 bridgehead atoms. The minimum atomic E-state index is -0.544. The van der Waals surface area contributed by atoms with E-state index in [9.17, 15) is 9.18 Å². The van der Waals surface area contributed by atoms with Crippen LogP contribution in [0.5, 0.6) is 0 Å². The third kappa shape index (κ3) is 3.50. The van der Waals surface area contributed by atoms with Crippen LogP contribution in [0.2, 0.25) is 0 Å². The van der Waals surface area contributed by atoms with Crippen LogP contribution in [0, 0.1) is 18.7 Å². The number of aryl methyl sites for hydroxylation is 1. The largest absolute Gasteiger partial charge is 0.392 e. The highest BCUT2D eigenvalue weighted by Gasteiger charge is 2.21. The molecule has 1 amide bonds. The highest BCUT2D eigenvalue weighted by Crippen LogP contribution is 2.11. The van der Waals surface area contributed by atoms with Gasteiger partial charge in [0.05, 0.1) is 16.6 Å². The van der Waals surface area contributed by atoms with Crippen molar-refractivity contribution in [2.75, 3.05) is 0 Å². The maximum absolute atomic E-state index is 13.6. The summed E-state index contributed by atoms with van der Waals surface area (Å²) in [4.78, 5) is 12.1. The molecule has 0 saturated heterocycles. The van der Waals surface area contributed by atoms with Gasteiger partial charge in [-0.2, -0.15) is 0 Å². The summed E-state index contributed by atoms with van der Waals surface area (Å²) >= 11 is 4.88. The van der Waals surface area contributed by atoms with Crippen LogP contribution in [0.25, 0.3) is 0 Å². The summed E-state index contributed by atoms with van der Waals surface area (Å²) in [6.07, 6.45) is 0. The van der Waals surface area contributed by atoms with E-state index in [4.69, 9.17) is 18.0 Å². The third-order valence-corrected chi connectivity index (χ3v) is 2.88. The number of carbonyl (C=O) groups excluding carboxylic acids is 1. The Morgan fingerprint density at radius 2 is 2.06 bits per heavy atom. The molecule has 3 N–H and O–H groups in total. The number of halogens is 1. The van der Waals surface area contributed by atoms with Crippen LogP contribution in [0.15, 0.2) is 18.2 Å². The first-order chi connectivity index (χ1) is 8.32. The smallest absolute Gasteiger partial charge is 0.254 e. The van der Waals surface area contributed by atoms with Crippen LogP contribution in [0.4, 0.5) is 4.39 Å². The second-order valence-corrected chi connectivity index (χ2v) is 5.05. The molecule has 0 radical (unpaired) electrons. The summed E-state index contributed by atoms with van der Waals surface area (Å²) in [6, 6.07) is 4.02. The Bertz CT molecular complexity index is 474. The summed E-state index contributed by atoms with van der Waals surface area (Å²) in [7, 11) is 0. The van der Waals surface area contributed by atoms with E-state index < -0.39 is 17.8 Å². The van der Waals surface area contributed by atoms with Gasteiger partial charge in [-0.3, -0.25) is 4.79 Å². The monoisotopic (exact) mass is 268 g/mol. The Morgan fingerprint density at radius 1 is 1.44 bits per heavy atom. The standard InChI is InChI=1S/C13H17FN2OS/c1-7(2)11(12(15)18)16-13(17)9-5-4-8(3)6-10(9)14/h4-7,11H,1-3H3,(H2,15,18)(H,16,17). The van der Waals surface area contributed by atoms with Crippen molar-refractivity contribution in [2.45, 2.75) is 26.8 Å². The Labute approximate surface area is 112 Å². The predicted molar refractivity (Wildman–Crippen MR) is 74.0 cm³/mol. The molecule has 0 aromatic heterocycles. The molecule has 3 nitrogen and oxygen atoms in total. The molecule has 5 heteroatoms. The molecule has 1 atom stereocenters. The van der Waals surface area contributed by atoms with Crippen molar-refractivity contribution in [1.82, 2.24) is 5.32 Å². The molecule has 18 heavy (non-hydrogen) atoms. The van der Waals surface area contributed by atoms with Crippen LogP contribution in [0.3, 0.4) is 0 Å². The molecule has 0 aliphatic rings. The van der Waals surface area contributed by atoms with E-state index in [1.807, 2.05) is 13.8 Å². The molecule has 0 saturated carbocycles. The third-order valence-electron chi connectivity index (χ3n) is 2.63. The van der Waals surface area contributed by atoms with Crippen LogP contribution < -0.4 is 11.1 Å². The summed E-state index contributed by atoms with van der Waals surface area (Å²) in [5.41, 5.74) is 6.31. The number of benzene rings is 1. The van der Waals surface area contributed by atoms with Crippen LogP contribution in [-0.2, 0) is 0 Å². The van der Waals surface area contributed by atoms with Crippen LogP contribution in [-0.4, -0.2) is 16.9 Å². The number of carbonyl (C=O) groups is 1. The first-order valence-electron chi connectivity index (χ1n) is 5.69. The maximum Gasteiger partial charge on any atom is 0.254 e. The first-order valence-corrected chi connectivity index (χ1v) is 6.10. The zero-order valence-corrected chi connectivity index (χ0v) is 11.5. The van der Waals surface area contributed by atoms with Crippen molar-refractivity contribution in [3.05, 3.63) is 35.1 Å². The van der Waals surface area contributed by atoms with E-state index in [1.165, 1.54) is 12.1 Å². The Kier molecular flexibility index (Phi) is 4.78. The molecular formula is C13H17FN2OS. The van der Waals surface area contributed by atoms with Gasteiger partial charge in [0.2, 0.25) is 0 Å². The summed E-state index contributed by atoms with van der Waals surface area (Å²) in [5, 5.41) is 2.65. The van der Waals surface area contributed by atoms with Gasteiger partial charge in [0.25, 0.3) is 5.91 Å². The van der Waals surface area contributed by atoms with Crippen molar-refractivity contribution < 1.29 is 9.18 Å². The molecule has 0 spiro atoms. The first kappa shape index (κ1) is 14.6. The van der Waals surface area contributed by atoms with Crippen molar-refractivity contribution in [3.8, 4) is 0 Å². The van der Waals surface area contributed by atoms with Gasteiger partial charge in [-0.1, -0.05) is 32.1 Å². The lowest BCUT2D eigenvalue weighted by Gasteiger charge is -2.21. The summed E-state index contributed by atoms with van der Waals surface area (Å²) < 4.78 is 13.6. The van der Waals surface area contributed by atoms with Gasteiger partial charge < -0.3 is 11.1 Å². The molecule has 0 aliphatic heterocycles. The molecule has 0 fully saturated rings. The second-order valence-electron chi connectivity index (χ2n) is 4.58. The van der Waals surface area contributed by atoms with Gasteiger partial charge in [0.1, 0.15) is 5.82 Å². The fourth-order valence-electron chi connectivity index (χ4n) is 1.59. The molecule has 0 aliphatic carbocycles. The van der Waals surface area contributed by atoms with Crippen LogP contribution >= 0.6 is 12.2 Å². The van der Waals surface area contributed by atoms with E-state index in [2.05, 4.69) is 5.32 Å². The number of thiocarbonyl (C=S) groups is 1. The minimum Gasteiger partial charge on any atom is -0.392 e. The van der Waals surface area contributed by atoms with Crippen molar-refractivity contribution in [2.24, 2.45) is 11.7 Å². The number of hydrogen-bond acceptors (Lipinski definition) is 2. The summed E-state index contributed by atoms with van der Waals surface area (Å²) in [5.74, 6) is -0.989. The molecule has 1 unspecified atom stereocenters. The normalized spacial score (nSPS) is 12.3. The van der Waals surface area contributed by atoms with Gasteiger partial charge in [0.15, 0.2) is 0 Å². The van der Waals surface area contributed by atoms with E-state index in [-0.39, 0.29) is 16.5 Å². The number of hydrogen-bond donors (Lipinski definition) is 2. The molecule has 1 rings (SSSR count). The maximum atomic E-state index is 13.6. The lowest BCUT2D eigenvalue weighted by Crippen LogP contribution is -2.47. The van der Waals surface area contributed by atoms with Crippen LogP contribution in [0.1, 0.15) is 29.8 Å². The zero-order valence-electron chi connectivity index (χ0n) is 10.7. The SMILES string of the molecule is Cc1ccc(C(=O)NC(C(N)=S)C(C)C)c(F)c1. The Hall–Kier alpha value is -1.49. The molecule has 98 valence electrons. The quantitative estimate of drug-likeness (QED) is 0.823. The highest BCUT2D eigenvalue weighted by molar-refractivity contribution is 7.80. The molecular weight excluding hydrogens is 251 g/mol. The van der Waals surface area contributed by atoms with E-state index in [0.717, 1.165) is 5.56 Å². The van der Waals surface area contributed by atoms with Gasteiger partial charge >= 0.3 is 0 Å². The molecule has 0 heterocycles. The average Bonchev–Trinajstić information content (AvgIpc) is 2.24. The molecule has 1 aromatic rings. The predicted octanol–water partition coefficient (Wildman–Crippen LogP) is 2.17. The van der Waals surface area contributed by atoms with E-state index >= 15 is 0 Å². The highest BCUT2D eigenvalue weighted by atomic mass is 32.1. The zero-order chi connectivity index (χ0) is 13.9. The Balaban J connectivity index is 2.91. The number of rotatable bonds is 4. The van der Waals surface area contributed by atoms with Crippen molar-refractivity contribution >= 4 is 23.1 Å². The minimum absolute atomic E-state index is 0.00231. The average molecular weight is 268 g/mol. The van der Waals surface area contributed by atoms with Gasteiger partial charge in [0, 0.05) is 0 Å². The fraction of sp³-hybridized carbons (Fsp3) is 0.385.